The summed E-state index contributed by atoms with van der Waals surface area (Å²) < 4.78 is 0. The number of nitrogens with one attached hydrogen (secondary N) is 1. The number of carbonyl (C=O) groups excluding carboxylic acids is 2. The Morgan fingerprint density at radius 3 is 2.38 bits per heavy atom. The van der Waals surface area contributed by atoms with Gasteiger partial charge in [-0.25, -0.2) is 4.98 Å². The predicted molar refractivity (Wildman–Crippen MR) is 160 cm³/mol. The molecule has 0 atom stereocenters. The van der Waals surface area contributed by atoms with E-state index in [0.29, 0.717) is 23.6 Å². The molecule has 0 aliphatic carbocycles. The molecule has 1 saturated heterocycles. The molecule has 4 aromatic rings. The number of hydrogen-bond donors (Lipinski definition) is 1. The Bertz CT molecular complexity index is 1420. The summed E-state index contributed by atoms with van der Waals surface area (Å²) in [5.74, 6) is 0.247. The van der Waals surface area contributed by atoms with Crippen LogP contribution in [0.2, 0.25) is 5.02 Å². The fourth-order valence-corrected chi connectivity index (χ4v) is 6.06. The minimum Gasteiger partial charge on any atom is -0.343 e. The Morgan fingerprint density at radius 2 is 1.67 bits per heavy atom. The average molecular weight is 558 g/mol. The molecule has 5 rings (SSSR count). The summed E-state index contributed by atoms with van der Waals surface area (Å²) in [7, 11) is 0. The van der Waals surface area contributed by atoms with Crippen LogP contribution in [-0.4, -0.2) is 34.8 Å². The normalized spacial score (nSPS) is 13.8. The average Bonchev–Trinajstić information content (AvgIpc) is 3.48. The number of nitrogens with zero attached hydrogens (tertiary/aromatic N) is 2. The second kappa shape index (κ2) is 12.6. The first-order chi connectivity index (χ1) is 19.0. The van der Waals surface area contributed by atoms with Crippen molar-refractivity contribution in [2.45, 2.75) is 44.9 Å². The van der Waals surface area contributed by atoms with E-state index in [4.69, 9.17) is 16.6 Å². The highest BCUT2D eigenvalue weighted by molar-refractivity contribution is 7.10. The maximum atomic E-state index is 13.1. The number of halogens is 1. The molecule has 2 amide bonds. The van der Waals surface area contributed by atoms with Gasteiger partial charge in [0, 0.05) is 47.1 Å². The van der Waals surface area contributed by atoms with Gasteiger partial charge in [-0.2, -0.15) is 0 Å². The standard InChI is InChI=1S/C32H32ClN3O2S/c1-2-22-7-12-24(13-8-22)27-5-3-4-6-28(27)34-31(38)29-21-39-32(35-29)25-17-19-36(20-18-25)30(37)16-11-23-9-14-26(33)15-10-23/h3-10,12-15,21,25H,2,11,16-20H2,1H3,(H,34,38). The summed E-state index contributed by atoms with van der Waals surface area (Å²) >= 11 is 7.48. The number of piperidine rings is 1. The fourth-order valence-electron chi connectivity index (χ4n) is 4.97. The van der Waals surface area contributed by atoms with Gasteiger partial charge in [-0.1, -0.05) is 73.1 Å². The molecule has 0 saturated carbocycles. The third kappa shape index (κ3) is 6.75. The third-order valence-corrected chi connectivity index (χ3v) is 8.60. The number of aryl methyl sites for hydroxylation is 2. The van der Waals surface area contributed by atoms with Gasteiger partial charge in [0.25, 0.3) is 5.91 Å². The van der Waals surface area contributed by atoms with Crippen LogP contribution in [0, 0.1) is 0 Å². The second-order valence-electron chi connectivity index (χ2n) is 9.90. The molecular formula is C32H32ClN3O2S. The van der Waals surface area contributed by atoms with Crippen molar-refractivity contribution in [1.82, 2.24) is 9.88 Å². The summed E-state index contributed by atoms with van der Waals surface area (Å²) in [4.78, 5) is 32.5. The molecule has 5 nitrogen and oxygen atoms in total. The van der Waals surface area contributed by atoms with Gasteiger partial charge in [0.1, 0.15) is 5.69 Å². The topological polar surface area (TPSA) is 62.3 Å². The molecule has 0 bridgehead atoms. The van der Waals surface area contributed by atoms with Gasteiger partial charge in [0.05, 0.1) is 5.01 Å². The summed E-state index contributed by atoms with van der Waals surface area (Å²) in [6.07, 6.45) is 3.92. The number of benzene rings is 3. The van der Waals surface area contributed by atoms with Crippen LogP contribution in [0.15, 0.2) is 78.2 Å². The van der Waals surface area contributed by atoms with Crippen LogP contribution in [-0.2, 0) is 17.6 Å². The summed E-state index contributed by atoms with van der Waals surface area (Å²) in [6, 6.07) is 24.0. The van der Waals surface area contributed by atoms with Crippen molar-refractivity contribution < 1.29 is 9.59 Å². The van der Waals surface area contributed by atoms with Crippen LogP contribution in [0.3, 0.4) is 0 Å². The summed E-state index contributed by atoms with van der Waals surface area (Å²) in [6.45, 7) is 3.57. The van der Waals surface area contributed by atoms with Crippen LogP contribution < -0.4 is 5.32 Å². The molecule has 7 heteroatoms. The minimum absolute atomic E-state index is 0.186. The molecule has 1 N–H and O–H groups in total. The maximum absolute atomic E-state index is 13.1. The quantitative estimate of drug-likeness (QED) is 0.242. The Labute approximate surface area is 238 Å². The van der Waals surface area contributed by atoms with E-state index in [-0.39, 0.29) is 17.7 Å². The van der Waals surface area contributed by atoms with Crippen LogP contribution in [0.1, 0.15) is 58.7 Å². The van der Waals surface area contributed by atoms with Crippen molar-refractivity contribution >= 4 is 40.4 Å². The second-order valence-corrected chi connectivity index (χ2v) is 11.2. The Morgan fingerprint density at radius 1 is 0.974 bits per heavy atom. The number of likely N-dealkylation sites (tertiary alicyclic amines) is 1. The first-order valence-corrected chi connectivity index (χ1v) is 14.7. The van der Waals surface area contributed by atoms with Gasteiger partial charge in [-0.15, -0.1) is 11.3 Å². The number of thiazole rings is 1. The van der Waals surface area contributed by atoms with E-state index in [0.717, 1.165) is 59.7 Å². The van der Waals surface area contributed by atoms with Crippen molar-refractivity contribution in [2.75, 3.05) is 18.4 Å². The molecule has 39 heavy (non-hydrogen) atoms. The molecule has 1 aliphatic rings. The van der Waals surface area contributed by atoms with Gasteiger partial charge < -0.3 is 10.2 Å². The van der Waals surface area contributed by atoms with Crippen molar-refractivity contribution in [3.8, 4) is 11.1 Å². The van der Waals surface area contributed by atoms with Crippen molar-refractivity contribution in [2.24, 2.45) is 0 Å². The smallest absolute Gasteiger partial charge is 0.275 e. The van der Waals surface area contributed by atoms with Gasteiger partial charge >= 0.3 is 0 Å². The van der Waals surface area contributed by atoms with Crippen LogP contribution in [0.5, 0.6) is 0 Å². The molecule has 1 fully saturated rings. The molecule has 0 unspecified atom stereocenters. The SMILES string of the molecule is CCc1ccc(-c2ccccc2NC(=O)c2csc(C3CCN(C(=O)CCc4ccc(Cl)cc4)CC3)n2)cc1. The Hall–Kier alpha value is -3.48. The number of para-hydroxylation sites is 1. The highest BCUT2D eigenvalue weighted by atomic mass is 35.5. The number of anilines is 1. The van der Waals surface area contributed by atoms with E-state index >= 15 is 0 Å². The lowest BCUT2D eigenvalue weighted by Crippen LogP contribution is -2.38. The molecule has 0 radical (unpaired) electrons. The molecule has 0 spiro atoms. The van der Waals surface area contributed by atoms with Gasteiger partial charge in [-0.05, 0) is 60.6 Å². The molecule has 3 aromatic carbocycles. The minimum atomic E-state index is -0.204. The fraction of sp³-hybridized carbons (Fsp3) is 0.281. The maximum Gasteiger partial charge on any atom is 0.275 e. The van der Waals surface area contributed by atoms with E-state index in [1.165, 1.54) is 16.9 Å². The monoisotopic (exact) mass is 557 g/mol. The molecule has 200 valence electrons. The predicted octanol–water partition coefficient (Wildman–Crippen LogP) is 7.62. The Kier molecular flexibility index (Phi) is 8.74. The van der Waals surface area contributed by atoms with Crippen molar-refractivity contribution in [3.63, 3.8) is 0 Å². The van der Waals surface area contributed by atoms with E-state index in [2.05, 4.69) is 36.5 Å². The van der Waals surface area contributed by atoms with Crippen molar-refractivity contribution in [1.29, 1.82) is 0 Å². The lowest BCUT2D eigenvalue weighted by Gasteiger charge is -2.31. The van der Waals surface area contributed by atoms with E-state index in [9.17, 15) is 9.59 Å². The number of aromatic nitrogens is 1. The zero-order valence-corrected chi connectivity index (χ0v) is 23.6. The summed E-state index contributed by atoms with van der Waals surface area (Å²) in [5.41, 5.74) is 5.66. The summed E-state index contributed by atoms with van der Waals surface area (Å²) in [5, 5.41) is 6.58. The first kappa shape index (κ1) is 27.1. The van der Waals surface area contributed by atoms with Crippen molar-refractivity contribution in [3.05, 3.63) is 105 Å². The lowest BCUT2D eigenvalue weighted by atomic mass is 9.97. The van der Waals surface area contributed by atoms with E-state index in [1.54, 1.807) is 0 Å². The van der Waals surface area contributed by atoms with E-state index in [1.807, 2.05) is 58.8 Å². The lowest BCUT2D eigenvalue weighted by molar-refractivity contribution is -0.132. The Balaban J connectivity index is 1.16. The third-order valence-electron chi connectivity index (χ3n) is 7.34. The highest BCUT2D eigenvalue weighted by Crippen LogP contribution is 2.32. The van der Waals surface area contributed by atoms with Crippen LogP contribution in [0.4, 0.5) is 5.69 Å². The largest absolute Gasteiger partial charge is 0.343 e. The molecule has 2 heterocycles. The first-order valence-electron chi connectivity index (χ1n) is 13.5. The van der Waals surface area contributed by atoms with Crippen LogP contribution >= 0.6 is 22.9 Å². The number of hydrogen-bond acceptors (Lipinski definition) is 4. The molecule has 1 aromatic heterocycles. The molecule has 1 aliphatic heterocycles. The highest BCUT2D eigenvalue weighted by Gasteiger charge is 2.26. The number of amides is 2. The zero-order chi connectivity index (χ0) is 27.2. The van der Waals surface area contributed by atoms with Gasteiger partial charge in [0.15, 0.2) is 0 Å². The van der Waals surface area contributed by atoms with E-state index < -0.39 is 0 Å². The zero-order valence-electron chi connectivity index (χ0n) is 22.0. The van der Waals surface area contributed by atoms with Gasteiger partial charge in [-0.3, -0.25) is 9.59 Å². The van der Waals surface area contributed by atoms with Crippen LogP contribution in [0.25, 0.3) is 11.1 Å². The molecular weight excluding hydrogens is 526 g/mol. The van der Waals surface area contributed by atoms with Gasteiger partial charge in [0.2, 0.25) is 5.91 Å². The number of rotatable bonds is 8. The number of carbonyl (C=O) groups is 2.